The minimum atomic E-state index is -0.130. The number of carbonyl (C=O) groups excluding carboxylic acids is 1. The molecule has 0 fully saturated rings. The highest BCUT2D eigenvalue weighted by Crippen LogP contribution is 2.37. The van der Waals surface area contributed by atoms with Crippen molar-refractivity contribution < 1.29 is 4.79 Å². The van der Waals surface area contributed by atoms with Crippen molar-refractivity contribution in [2.45, 2.75) is 37.6 Å². The van der Waals surface area contributed by atoms with E-state index < -0.39 is 0 Å². The molecule has 29 heavy (non-hydrogen) atoms. The van der Waals surface area contributed by atoms with Crippen LogP contribution in [0.1, 0.15) is 34.4 Å². The van der Waals surface area contributed by atoms with Crippen molar-refractivity contribution in [2.75, 3.05) is 11.1 Å². The molecule has 1 aliphatic carbocycles. The number of hydrogen-bond donors (Lipinski definition) is 1. The van der Waals surface area contributed by atoms with Gasteiger partial charge in [-0.1, -0.05) is 41.6 Å². The molecule has 0 bridgehead atoms. The van der Waals surface area contributed by atoms with E-state index in [0.717, 1.165) is 42.5 Å². The summed E-state index contributed by atoms with van der Waals surface area (Å²) in [7, 11) is 0. The molecule has 3 aromatic rings. The van der Waals surface area contributed by atoms with Crippen LogP contribution in [0.15, 0.2) is 41.4 Å². The zero-order chi connectivity index (χ0) is 20.2. The number of aromatic nitrogens is 2. The lowest BCUT2D eigenvalue weighted by atomic mass is 9.96. The van der Waals surface area contributed by atoms with Gasteiger partial charge in [-0.2, -0.15) is 5.26 Å². The molecule has 1 N–H and O–H groups in total. The monoisotopic (exact) mass is 420 g/mol. The fourth-order valence-electron chi connectivity index (χ4n) is 3.35. The average Bonchev–Trinajstić information content (AvgIpc) is 3.10. The van der Waals surface area contributed by atoms with Crippen LogP contribution in [0.25, 0.3) is 11.3 Å². The van der Waals surface area contributed by atoms with E-state index in [9.17, 15) is 10.1 Å². The van der Waals surface area contributed by atoms with Gasteiger partial charge in [-0.3, -0.25) is 4.79 Å². The minimum Gasteiger partial charge on any atom is -0.316 e. The number of benzene rings is 1. The van der Waals surface area contributed by atoms with Crippen LogP contribution in [-0.4, -0.2) is 21.9 Å². The SMILES string of the molecule is Cc1ccc(-c2ccc(SCC(=O)Nc3sc4c(c3C#N)CCCC4)nn2)cc1. The number of thiophene rings is 1. The molecule has 1 aromatic carbocycles. The zero-order valence-corrected chi connectivity index (χ0v) is 17.7. The van der Waals surface area contributed by atoms with Crippen LogP contribution in [0.4, 0.5) is 5.00 Å². The second kappa shape index (κ2) is 8.76. The van der Waals surface area contributed by atoms with Gasteiger partial charge in [0.1, 0.15) is 16.1 Å². The molecule has 146 valence electrons. The summed E-state index contributed by atoms with van der Waals surface area (Å²) in [5.74, 6) is 0.0981. The number of aryl methyl sites for hydroxylation is 2. The summed E-state index contributed by atoms with van der Waals surface area (Å²) >= 11 is 2.88. The maximum atomic E-state index is 12.4. The highest BCUT2D eigenvalue weighted by atomic mass is 32.2. The Morgan fingerprint density at radius 3 is 2.69 bits per heavy atom. The number of hydrogen-bond acceptors (Lipinski definition) is 6. The van der Waals surface area contributed by atoms with Crippen molar-refractivity contribution in [3.63, 3.8) is 0 Å². The summed E-state index contributed by atoms with van der Waals surface area (Å²) in [4.78, 5) is 13.6. The molecule has 0 atom stereocenters. The largest absolute Gasteiger partial charge is 0.316 e. The molecule has 1 aliphatic rings. The number of nitrogens with one attached hydrogen (secondary N) is 1. The fraction of sp³-hybridized carbons (Fsp3) is 0.273. The molecule has 0 radical (unpaired) electrons. The third-order valence-corrected chi connectivity index (χ3v) is 7.00. The standard InChI is InChI=1S/C22H20N4OS2/c1-14-6-8-15(9-7-14)18-10-11-21(26-25-18)28-13-20(27)24-22-17(12-23)16-4-2-3-5-19(16)29-22/h6-11H,2-5,13H2,1H3,(H,24,27). The summed E-state index contributed by atoms with van der Waals surface area (Å²) in [5, 5.41) is 22.3. The van der Waals surface area contributed by atoms with Crippen LogP contribution >= 0.6 is 23.1 Å². The van der Waals surface area contributed by atoms with Gasteiger partial charge in [0.25, 0.3) is 0 Å². The Bertz CT molecular complexity index is 1070. The lowest BCUT2D eigenvalue weighted by molar-refractivity contribution is -0.113. The first-order valence-electron chi connectivity index (χ1n) is 9.52. The van der Waals surface area contributed by atoms with E-state index in [1.165, 1.54) is 22.2 Å². The molecular formula is C22H20N4OS2. The molecule has 4 rings (SSSR count). The molecule has 7 heteroatoms. The maximum Gasteiger partial charge on any atom is 0.235 e. The van der Waals surface area contributed by atoms with Gasteiger partial charge in [0, 0.05) is 10.4 Å². The van der Waals surface area contributed by atoms with E-state index in [1.54, 1.807) is 11.3 Å². The van der Waals surface area contributed by atoms with Gasteiger partial charge in [-0.05, 0) is 50.3 Å². The van der Waals surface area contributed by atoms with E-state index in [4.69, 9.17) is 0 Å². The third-order valence-electron chi connectivity index (χ3n) is 4.87. The van der Waals surface area contributed by atoms with Gasteiger partial charge in [0.15, 0.2) is 0 Å². The van der Waals surface area contributed by atoms with Gasteiger partial charge in [0.05, 0.1) is 17.0 Å². The zero-order valence-electron chi connectivity index (χ0n) is 16.1. The summed E-state index contributed by atoms with van der Waals surface area (Å²) < 4.78 is 0. The third kappa shape index (κ3) is 4.50. The van der Waals surface area contributed by atoms with Crippen molar-refractivity contribution >= 4 is 34.0 Å². The Morgan fingerprint density at radius 1 is 1.17 bits per heavy atom. The van der Waals surface area contributed by atoms with Gasteiger partial charge < -0.3 is 5.32 Å². The number of rotatable bonds is 5. The van der Waals surface area contributed by atoms with Crippen molar-refractivity contribution in [2.24, 2.45) is 0 Å². The highest BCUT2D eigenvalue weighted by Gasteiger charge is 2.21. The van der Waals surface area contributed by atoms with Crippen LogP contribution in [-0.2, 0) is 17.6 Å². The highest BCUT2D eigenvalue weighted by molar-refractivity contribution is 7.99. The first-order chi connectivity index (χ1) is 14.1. The van der Waals surface area contributed by atoms with Crippen molar-refractivity contribution in [1.29, 1.82) is 5.26 Å². The molecule has 5 nitrogen and oxygen atoms in total. The van der Waals surface area contributed by atoms with Gasteiger partial charge in [0.2, 0.25) is 5.91 Å². The summed E-state index contributed by atoms with van der Waals surface area (Å²) in [5.41, 5.74) is 4.80. The van der Waals surface area contributed by atoms with E-state index in [2.05, 4.69) is 21.6 Å². The van der Waals surface area contributed by atoms with Crippen molar-refractivity contribution in [3.05, 3.63) is 58.0 Å². The smallest absolute Gasteiger partial charge is 0.235 e. The topological polar surface area (TPSA) is 78.7 Å². The van der Waals surface area contributed by atoms with Crippen LogP contribution < -0.4 is 5.32 Å². The Balaban J connectivity index is 1.37. The van der Waals surface area contributed by atoms with Crippen LogP contribution in [0.2, 0.25) is 0 Å². The summed E-state index contributed by atoms with van der Waals surface area (Å²) in [6.07, 6.45) is 4.20. The van der Waals surface area contributed by atoms with Crippen LogP contribution in [0, 0.1) is 18.3 Å². The van der Waals surface area contributed by atoms with Crippen LogP contribution in [0.5, 0.6) is 0 Å². The van der Waals surface area contributed by atoms with Gasteiger partial charge >= 0.3 is 0 Å². The number of nitriles is 1. The average molecular weight is 421 g/mol. The Morgan fingerprint density at radius 2 is 1.97 bits per heavy atom. The van der Waals surface area contributed by atoms with Crippen LogP contribution in [0.3, 0.4) is 0 Å². The van der Waals surface area contributed by atoms with E-state index in [0.29, 0.717) is 15.6 Å². The molecule has 0 spiro atoms. The second-order valence-electron chi connectivity index (χ2n) is 6.99. The normalized spacial score (nSPS) is 12.8. The van der Waals surface area contributed by atoms with E-state index >= 15 is 0 Å². The lowest BCUT2D eigenvalue weighted by Crippen LogP contribution is -2.14. The second-order valence-corrected chi connectivity index (χ2v) is 9.09. The quantitative estimate of drug-likeness (QED) is 0.588. The number of anilines is 1. The predicted octanol–water partition coefficient (Wildman–Crippen LogP) is 4.99. The van der Waals surface area contributed by atoms with Gasteiger partial charge in [-0.25, -0.2) is 0 Å². The molecule has 2 aromatic heterocycles. The predicted molar refractivity (Wildman–Crippen MR) is 117 cm³/mol. The number of thioether (sulfide) groups is 1. The Kier molecular flexibility index (Phi) is 5.93. The van der Waals surface area contributed by atoms with Gasteiger partial charge in [-0.15, -0.1) is 21.5 Å². The fourth-order valence-corrected chi connectivity index (χ4v) is 5.22. The van der Waals surface area contributed by atoms with E-state index in [1.807, 2.05) is 43.3 Å². The molecule has 0 aliphatic heterocycles. The number of nitrogens with zero attached hydrogens (tertiary/aromatic N) is 3. The molecule has 2 heterocycles. The Hall–Kier alpha value is -2.69. The van der Waals surface area contributed by atoms with Crippen molar-refractivity contribution in [1.82, 2.24) is 10.2 Å². The lowest BCUT2D eigenvalue weighted by Gasteiger charge is -2.09. The minimum absolute atomic E-state index is 0.130. The van der Waals surface area contributed by atoms with E-state index in [-0.39, 0.29) is 11.7 Å². The summed E-state index contributed by atoms with van der Waals surface area (Å²) in [6, 6.07) is 14.2. The number of fused-ring (bicyclic) bond motifs is 1. The molecule has 1 amide bonds. The molecule has 0 saturated carbocycles. The van der Waals surface area contributed by atoms with Crippen molar-refractivity contribution in [3.8, 4) is 17.3 Å². The first kappa shape index (κ1) is 19.6. The molecular weight excluding hydrogens is 400 g/mol. The number of carbonyl (C=O) groups is 1. The first-order valence-corrected chi connectivity index (χ1v) is 11.3. The molecule has 0 unspecified atom stereocenters. The summed E-state index contributed by atoms with van der Waals surface area (Å²) in [6.45, 7) is 2.05. The maximum absolute atomic E-state index is 12.4. The Labute approximate surface area is 178 Å². The molecule has 0 saturated heterocycles. The number of amides is 1.